The average Bonchev–Trinajstić information content (AvgIpc) is 2.92. The highest BCUT2D eigenvalue weighted by Crippen LogP contribution is 2.25. The molecule has 0 aromatic carbocycles. The molecular formula is C16H27N3O3S. The fourth-order valence-electron chi connectivity index (χ4n) is 2.46. The van der Waals surface area contributed by atoms with Gasteiger partial charge in [0.15, 0.2) is 5.13 Å². The molecule has 0 bridgehead atoms. The van der Waals surface area contributed by atoms with Crippen molar-refractivity contribution in [1.29, 1.82) is 0 Å². The highest BCUT2D eigenvalue weighted by molar-refractivity contribution is 7.13. The van der Waals surface area contributed by atoms with Crippen LogP contribution in [-0.2, 0) is 16.0 Å². The third-order valence-corrected chi connectivity index (χ3v) is 4.88. The van der Waals surface area contributed by atoms with E-state index in [9.17, 15) is 9.90 Å². The molecule has 23 heavy (non-hydrogen) atoms. The number of thiazole rings is 1. The van der Waals surface area contributed by atoms with E-state index in [-0.39, 0.29) is 24.3 Å². The van der Waals surface area contributed by atoms with E-state index in [1.807, 2.05) is 5.38 Å². The number of anilines is 1. The zero-order chi connectivity index (χ0) is 16.9. The first kappa shape index (κ1) is 18.2. The van der Waals surface area contributed by atoms with Crippen LogP contribution in [0, 0.1) is 11.3 Å². The van der Waals surface area contributed by atoms with Gasteiger partial charge in [-0.1, -0.05) is 13.8 Å². The first-order valence-electron chi connectivity index (χ1n) is 8.12. The summed E-state index contributed by atoms with van der Waals surface area (Å²) in [6, 6.07) is 0. The van der Waals surface area contributed by atoms with Gasteiger partial charge in [-0.2, -0.15) is 0 Å². The SMILES string of the molecule is CCN(CC(C)C)c1nc(CC(=O)NCC2(CO)COC2)cs1. The maximum atomic E-state index is 12.1. The lowest BCUT2D eigenvalue weighted by molar-refractivity contribution is -0.140. The van der Waals surface area contributed by atoms with Gasteiger partial charge in [-0.15, -0.1) is 11.3 Å². The molecule has 1 saturated heterocycles. The molecular weight excluding hydrogens is 314 g/mol. The zero-order valence-electron chi connectivity index (χ0n) is 14.2. The van der Waals surface area contributed by atoms with Crippen LogP contribution in [0.4, 0.5) is 5.13 Å². The summed E-state index contributed by atoms with van der Waals surface area (Å²) in [7, 11) is 0. The number of amides is 1. The van der Waals surface area contributed by atoms with E-state index in [1.54, 1.807) is 11.3 Å². The van der Waals surface area contributed by atoms with Crippen molar-refractivity contribution in [2.45, 2.75) is 27.2 Å². The lowest BCUT2D eigenvalue weighted by Gasteiger charge is -2.39. The zero-order valence-corrected chi connectivity index (χ0v) is 15.0. The first-order chi connectivity index (χ1) is 11.0. The lowest BCUT2D eigenvalue weighted by atomic mass is 9.87. The summed E-state index contributed by atoms with van der Waals surface area (Å²) in [5.74, 6) is 0.512. The van der Waals surface area contributed by atoms with Crippen LogP contribution in [0.15, 0.2) is 5.38 Å². The second-order valence-corrected chi connectivity index (χ2v) is 7.49. The molecule has 1 aliphatic heterocycles. The monoisotopic (exact) mass is 341 g/mol. The largest absolute Gasteiger partial charge is 0.396 e. The summed E-state index contributed by atoms with van der Waals surface area (Å²) >= 11 is 1.58. The number of carbonyl (C=O) groups excluding carboxylic acids is 1. The highest BCUT2D eigenvalue weighted by Gasteiger charge is 2.38. The summed E-state index contributed by atoms with van der Waals surface area (Å²) in [5.41, 5.74) is 0.506. The van der Waals surface area contributed by atoms with E-state index < -0.39 is 0 Å². The van der Waals surface area contributed by atoms with Gasteiger partial charge in [0.2, 0.25) is 5.91 Å². The predicted molar refractivity (Wildman–Crippen MR) is 91.9 cm³/mol. The molecule has 0 unspecified atom stereocenters. The number of hydrogen-bond donors (Lipinski definition) is 2. The summed E-state index contributed by atoms with van der Waals surface area (Å²) < 4.78 is 5.13. The Bertz CT molecular complexity index is 509. The number of carbonyl (C=O) groups is 1. The topological polar surface area (TPSA) is 74.7 Å². The van der Waals surface area contributed by atoms with Crippen LogP contribution in [-0.4, -0.2) is 55.5 Å². The number of nitrogens with one attached hydrogen (secondary N) is 1. The second kappa shape index (κ2) is 8.08. The number of aromatic nitrogens is 1. The molecule has 1 fully saturated rings. The molecule has 1 aliphatic rings. The Kier molecular flexibility index (Phi) is 6.38. The Hall–Kier alpha value is -1.18. The average molecular weight is 341 g/mol. The Morgan fingerprint density at radius 3 is 2.83 bits per heavy atom. The van der Waals surface area contributed by atoms with Gasteiger partial charge < -0.3 is 20.1 Å². The molecule has 7 heteroatoms. The van der Waals surface area contributed by atoms with Crippen LogP contribution in [0.25, 0.3) is 0 Å². The Morgan fingerprint density at radius 2 is 2.30 bits per heavy atom. The van der Waals surface area contributed by atoms with Crippen LogP contribution in [0.5, 0.6) is 0 Å². The summed E-state index contributed by atoms with van der Waals surface area (Å²) in [6.45, 7) is 9.87. The molecule has 0 aliphatic carbocycles. The van der Waals surface area contributed by atoms with Gasteiger partial charge >= 0.3 is 0 Å². The minimum Gasteiger partial charge on any atom is -0.396 e. The molecule has 2 heterocycles. The minimum absolute atomic E-state index is 0.0365. The van der Waals surface area contributed by atoms with Crippen LogP contribution < -0.4 is 10.2 Å². The standard InChI is InChI=1S/C16H27N3O3S/c1-4-19(6-12(2)3)15-18-13(7-23-15)5-14(21)17-8-16(9-20)10-22-11-16/h7,12,20H,4-6,8-11H2,1-3H3,(H,17,21). The van der Waals surface area contributed by atoms with E-state index in [2.05, 4.69) is 36.0 Å². The number of aliphatic hydroxyl groups is 1. The maximum Gasteiger partial charge on any atom is 0.226 e. The fourth-order valence-corrected chi connectivity index (χ4v) is 3.36. The molecule has 130 valence electrons. The van der Waals surface area contributed by atoms with Gasteiger partial charge in [0.25, 0.3) is 0 Å². The van der Waals surface area contributed by atoms with Gasteiger partial charge in [-0.25, -0.2) is 4.98 Å². The summed E-state index contributed by atoms with van der Waals surface area (Å²) in [5, 5.41) is 15.2. The number of rotatable bonds is 9. The van der Waals surface area contributed by atoms with Crippen LogP contribution in [0.3, 0.4) is 0 Å². The van der Waals surface area contributed by atoms with Crippen molar-refractivity contribution in [2.75, 3.05) is 44.4 Å². The third-order valence-electron chi connectivity index (χ3n) is 3.93. The van der Waals surface area contributed by atoms with Crippen molar-refractivity contribution < 1.29 is 14.6 Å². The van der Waals surface area contributed by atoms with E-state index in [4.69, 9.17) is 4.74 Å². The number of nitrogens with zero attached hydrogens (tertiary/aromatic N) is 2. The third kappa shape index (κ3) is 4.89. The van der Waals surface area contributed by atoms with E-state index in [0.717, 1.165) is 23.9 Å². The Balaban J connectivity index is 1.84. The van der Waals surface area contributed by atoms with Crippen molar-refractivity contribution in [3.63, 3.8) is 0 Å². The summed E-state index contributed by atoms with van der Waals surface area (Å²) in [4.78, 5) is 18.9. The predicted octanol–water partition coefficient (Wildman–Crippen LogP) is 1.29. The lowest BCUT2D eigenvalue weighted by Crippen LogP contribution is -2.53. The van der Waals surface area contributed by atoms with Crippen LogP contribution in [0.2, 0.25) is 0 Å². The molecule has 1 aromatic rings. The quantitative estimate of drug-likeness (QED) is 0.708. The van der Waals surface area contributed by atoms with Crippen molar-refractivity contribution >= 4 is 22.4 Å². The minimum atomic E-state index is -0.292. The molecule has 0 spiro atoms. The first-order valence-corrected chi connectivity index (χ1v) is 9.00. The van der Waals surface area contributed by atoms with Gasteiger partial charge in [-0.3, -0.25) is 4.79 Å². The van der Waals surface area contributed by atoms with Crippen molar-refractivity contribution in [3.8, 4) is 0 Å². The van der Waals surface area contributed by atoms with E-state index in [1.165, 1.54) is 0 Å². The van der Waals surface area contributed by atoms with Crippen LogP contribution in [0.1, 0.15) is 26.5 Å². The number of ether oxygens (including phenoxy) is 1. The second-order valence-electron chi connectivity index (χ2n) is 6.66. The maximum absolute atomic E-state index is 12.1. The molecule has 1 aromatic heterocycles. The van der Waals surface area contributed by atoms with Crippen molar-refractivity contribution in [1.82, 2.24) is 10.3 Å². The molecule has 0 atom stereocenters. The van der Waals surface area contributed by atoms with Gasteiger partial charge in [0, 0.05) is 25.0 Å². The molecule has 6 nitrogen and oxygen atoms in total. The molecule has 0 radical (unpaired) electrons. The molecule has 1 amide bonds. The number of hydrogen-bond acceptors (Lipinski definition) is 6. The van der Waals surface area contributed by atoms with Gasteiger partial charge in [-0.05, 0) is 12.8 Å². The normalized spacial score (nSPS) is 16.2. The van der Waals surface area contributed by atoms with Crippen molar-refractivity contribution in [3.05, 3.63) is 11.1 Å². The summed E-state index contributed by atoms with van der Waals surface area (Å²) in [6.07, 6.45) is 0.276. The van der Waals surface area contributed by atoms with E-state index in [0.29, 0.717) is 25.7 Å². The highest BCUT2D eigenvalue weighted by atomic mass is 32.1. The number of aliphatic hydroxyl groups excluding tert-OH is 1. The molecule has 2 rings (SSSR count). The van der Waals surface area contributed by atoms with Gasteiger partial charge in [0.1, 0.15) is 0 Å². The van der Waals surface area contributed by atoms with Gasteiger partial charge in [0.05, 0.1) is 37.4 Å². The fraction of sp³-hybridized carbons (Fsp3) is 0.750. The van der Waals surface area contributed by atoms with Crippen molar-refractivity contribution in [2.24, 2.45) is 11.3 Å². The Morgan fingerprint density at radius 1 is 1.57 bits per heavy atom. The molecule has 2 N–H and O–H groups in total. The Labute approximate surface area is 141 Å². The molecule has 0 saturated carbocycles. The van der Waals surface area contributed by atoms with Crippen LogP contribution >= 0.6 is 11.3 Å². The van der Waals surface area contributed by atoms with E-state index >= 15 is 0 Å². The smallest absolute Gasteiger partial charge is 0.226 e.